The minimum Gasteiger partial charge on any atom is -0.478 e. The molecule has 0 radical (unpaired) electrons. The third-order valence-electron chi connectivity index (χ3n) is 5.76. The molecule has 1 fully saturated rings. The van der Waals surface area contributed by atoms with Crippen molar-refractivity contribution in [3.8, 4) is 0 Å². The average molecular weight is 482 g/mol. The zero-order valence-corrected chi connectivity index (χ0v) is 19.3. The predicted molar refractivity (Wildman–Crippen MR) is 130 cm³/mol. The normalized spacial score (nSPS) is 15.7. The highest BCUT2D eigenvalue weighted by Crippen LogP contribution is 2.29. The van der Waals surface area contributed by atoms with E-state index in [2.05, 4.69) is 10.3 Å². The number of anilines is 2. The van der Waals surface area contributed by atoms with E-state index in [4.69, 9.17) is 16.3 Å². The highest BCUT2D eigenvalue weighted by molar-refractivity contribution is 6.30. The number of aromatic carboxylic acids is 1. The molecule has 34 heavy (non-hydrogen) atoms. The van der Waals surface area contributed by atoms with Crippen molar-refractivity contribution in [3.63, 3.8) is 0 Å². The number of benzene rings is 2. The quantitative estimate of drug-likeness (QED) is 0.494. The average Bonchev–Trinajstić information content (AvgIpc) is 2.84. The first-order chi connectivity index (χ1) is 16.4. The number of aromatic nitrogens is 1. The fraction of sp³-hybridized carbons (Fsp3) is 0.280. The molecule has 2 aromatic carbocycles. The minimum absolute atomic E-state index is 0.0702. The number of halogens is 1. The summed E-state index contributed by atoms with van der Waals surface area (Å²) in [6.45, 7) is 3.19. The minimum atomic E-state index is -1.10. The van der Waals surface area contributed by atoms with E-state index in [1.807, 2.05) is 4.90 Å². The van der Waals surface area contributed by atoms with E-state index in [1.165, 1.54) is 6.07 Å². The molecule has 1 aliphatic heterocycles. The summed E-state index contributed by atoms with van der Waals surface area (Å²) in [7, 11) is 0. The number of carboxylic acid groups (broad SMARTS) is 1. The highest BCUT2D eigenvalue weighted by atomic mass is 35.5. The molecule has 0 spiro atoms. The number of amides is 1. The Bertz CT molecular complexity index is 1250. The lowest BCUT2D eigenvalue weighted by molar-refractivity contribution is -0.148. The van der Waals surface area contributed by atoms with Crippen LogP contribution in [0.1, 0.15) is 40.5 Å². The summed E-state index contributed by atoms with van der Waals surface area (Å²) in [6.07, 6.45) is 1.51. The molecule has 0 aliphatic carbocycles. The molecular weight excluding hydrogens is 458 g/mol. The van der Waals surface area contributed by atoms with Crippen LogP contribution in [0.4, 0.5) is 11.5 Å². The molecule has 1 saturated heterocycles. The third-order valence-corrected chi connectivity index (χ3v) is 6.01. The number of fused-ring (bicyclic) bond motifs is 1. The number of hydrogen-bond acceptors (Lipinski definition) is 6. The van der Waals surface area contributed by atoms with E-state index in [-0.39, 0.29) is 23.4 Å². The maximum absolute atomic E-state index is 12.5. The molecule has 0 bridgehead atoms. The van der Waals surface area contributed by atoms with Crippen LogP contribution in [-0.2, 0) is 9.53 Å². The van der Waals surface area contributed by atoms with Crippen LogP contribution in [0.5, 0.6) is 0 Å². The second-order valence-electron chi connectivity index (χ2n) is 8.06. The Morgan fingerprint density at radius 2 is 1.94 bits per heavy atom. The summed E-state index contributed by atoms with van der Waals surface area (Å²) in [5, 5.41) is 13.6. The molecule has 9 heteroatoms. The Labute approximate surface area is 201 Å². The van der Waals surface area contributed by atoms with Crippen molar-refractivity contribution in [2.24, 2.45) is 5.92 Å². The number of nitrogens with one attached hydrogen (secondary N) is 1. The van der Waals surface area contributed by atoms with Gasteiger partial charge in [0.1, 0.15) is 5.82 Å². The van der Waals surface area contributed by atoms with Crippen LogP contribution in [0.15, 0.2) is 48.5 Å². The zero-order valence-electron chi connectivity index (χ0n) is 18.6. The molecule has 2 heterocycles. The lowest BCUT2D eigenvalue weighted by atomic mass is 9.98. The first kappa shape index (κ1) is 23.5. The van der Waals surface area contributed by atoms with Gasteiger partial charge in [0.2, 0.25) is 0 Å². The van der Waals surface area contributed by atoms with Gasteiger partial charge >= 0.3 is 11.9 Å². The summed E-state index contributed by atoms with van der Waals surface area (Å²) in [6, 6.07) is 12.9. The number of carboxylic acids is 1. The van der Waals surface area contributed by atoms with Crippen molar-refractivity contribution in [2.75, 3.05) is 29.9 Å². The van der Waals surface area contributed by atoms with Crippen molar-refractivity contribution < 1.29 is 24.2 Å². The SMILES string of the molecule is CCOC(=O)[C@H]1CCCN(c2cc(C(=O)O)c3cc(NC(=O)c4ccc(Cl)cc4)ccc3n2)C1. The van der Waals surface area contributed by atoms with Gasteiger partial charge < -0.3 is 20.1 Å². The number of esters is 1. The van der Waals surface area contributed by atoms with E-state index in [9.17, 15) is 19.5 Å². The summed E-state index contributed by atoms with van der Waals surface area (Å²) >= 11 is 5.87. The van der Waals surface area contributed by atoms with Crippen molar-refractivity contribution in [3.05, 3.63) is 64.7 Å². The molecule has 1 aromatic heterocycles. The Morgan fingerprint density at radius 1 is 1.18 bits per heavy atom. The lowest BCUT2D eigenvalue weighted by Gasteiger charge is -2.32. The van der Waals surface area contributed by atoms with Crippen LogP contribution in [0.2, 0.25) is 5.02 Å². The number of ether oxygens (including phenoxy) is 1. The molecule has 176 valence electrons. The highest BCUT2D eigenvalue weighted by Gasteiger charge is 2.28. The molecule has 1 amide bonds. The predicted octanol–water partition coefficient (Wildman–Crippen LogP) is 4.62. The summed E-state index contributed by atoms with van der Waals surface area (Å²) in [5.41, 5.74) is 1.43. The van der Waals surface area contributed by atoms with Gasteiger partial charge in [0.25, 0.3) is 5.91 Å². The van der Waals surface area contributed by atoms with Gasteiger partial charge in [-0.2, -0.15) is 0 Å². The molecule has 8 nitrogen and oxygen atoms in total. The standard InChI is InChI=1S/C25H24ClN3O5/c1-2-34-25(33)16-4-3-11-29(14-16)22-13-20(24(31)32)19-12-18(9-10-21(19)28-22)27-23(30)15-5-7-17(26)8-6-15/h5-10,12-13,16H,2-4,11,14H2,1H3,(H,27,30)(H,31,32)/t16-/m0/s1. The number of pyridine rings is 1. The molecule has 0 unspecified atom stereocenters. The van der Waals surface area contributed by atoms with Crippen molar-refractivity contribution in [2.45, 2.75) is 19.8 Å². The van der Waals surface area contributed by atoms with Crippen LogP contribution in [0, 0.1) is 5.92 Å². The summed E-state index contributed by atoms with van der Waals surface area (Å²) in [4.78, 5) is 43.4. The Morgan fingerprint density at radius 3 is 2.65 bits per heavy atom. The monoisotopic (exact) mass is 481 g/mol. The van der Waals surface area contributed by atoms with Gasteiger partial charge in [-0.05, 0) is 68.3 Å². The van der Waals surface area contributed by atoms with Gasteiger partial charge in [0, 0.05) is 34.7 Å². The van der Waals surface area contributed by atoms with Crippen molar-refractivity contribution in [1.29, 1.82) is 0 Å². The van der Waals surface area contributed by atoms with E-state index in [0.29, 0.717) is 52.7 Å². The summed E-state index contributed by atoms with van der Waals surface area (Å²) in [5.74, 6) is -1.46. The zero-order chi connectivity index (χ0) is 24.2. The van der Waals surface area contributed by atoms with Crippen molar-refractivity contribution >= 4 is 51.9 Å². The van der Waals surface area contributed by atoms with Gasteiger partial charge in [0.05, 0.1) is 23.6 Å². The first-order valence-electron chi connectivity index (χ1n) is 11.0. The van der Waals surface area contributed by atoms with Crippen molar-refractivity contribution in [1.82, 2.24) is 4.98 Å². The molecule has 4 rings (SSSR count). The Kier molecular flexibility index (Phi) is 6.98. The summed E-state index contributed by atoms with van der Waals surface area (Å²) < 4.78 is 5.16. The molecule has 0 saturated carbocycles. The molecule has 1 aliphatic rings. The number of carbonyl (C=O) groups is 3. The second-order valence-corrected chi connectivity index (χ2v) is 8.50. The maximum atomic E-state index is 12.5. The van der Waals surface area contributed by atoms with E-state index >= 15 is 0 Å². The fourth-order valence-corrected chi connectivity index (χ4v) is 4.20. The smallest absolute Gasteiger partial charge is 0.336 e. The maximum Gasteiger partial charge on any atom is 0.336 e. The van der Waals surface area contributed by atoms with Gasteiger partial charge in [-0.15, -0.1) is 0 Å². The van der Waals surface area contributed by atoms with E-state index < -0.39 is 5.97 Å². The second kappa shape index (κ2) is 10.1. The lowest BCUT2D eigenvalue weighted by Crippen LogP contribution is -2.40. The fourth-order valence-electron chi connectivity index (χ4n) is 4.07. The molecular formula is C25H24ClN3O5. The van der Waals surface area contributed by atoms with Crippen LogP contribution in [-0.4, -0.2) is 47.6 Å². The molecule has 1 atom stereocenters. The molecule has 2 N–H and O–H groups in total. The van der Waals surface area contributed by atoms with Crippen LogP contribution < -0.4 is 10.2 Å². The third kappa shape index (κ3) is 5.12. The largest absolute Gasteiger partial charge is 0.478 e. The van der Waals surface area contributed by atoms with E-state index in [1.54, 1.807) is 49.4 Å². The topological polar surface area (TPSA) is 109 Å². The Hall–Kier alpha value is -3.65. The number of nitrogens with zero attached hydrogens (tertiary/aromatic N) is 2. The number of rotatable bonds is 6. The molecule has 3 aromatic rings. The van der Waals surface area contributed by atoms with E-state index in [0.717, 1.165) is 12.8 Å². The van der Waals surface area contributed by atoms with Crippen LogP contribution in [0.3, 0.4) is 0 Å². The number of piperidine rings is 1. The number of hydrogen-bond donors (Lipinski definition) is 2. The van der Waals surface area contributed by atoms with Crippen LogP contribution >= 0.6 is 11.6 Å². The van der Waals surface area contributed by atoms with Gasteiger partial charge in [0.15, 0.2) is 0 Å². The van der Waals surface area contributed by atoms with Crippen LogP contribution in [0.25, 0.3) is 10.9 Å². The van der Waals surface area contributed by atoms with Gasteiger partial charge in [-0.1, -0.05) is 11.6 Å². The van der Waals surface area contributed by atoms with Gasteiger partial charge in [-0.25, -0.2) is 9.78 Å². The van der Waals surface area contributed by atoms with Gasteiger partial charge in [-0.3, -0.25) is 9.59 Å². The Balaban J connectivity index is 1.62. The number of carbonyl (C=O) groups excluding carboxylic acids is 2. The first-order valence-corrected chi connectivity index (χ1v) is 11.4.